The number of ether oxygens (including phenoxy) is 1. The molecule has 8 heteroatoms. The summed E-state index contributed by atoms with van der Waals surface area (Å²) < 4.78 is 12.2. The third kappa shape index (κ3) is 3.10. The number of nitrogens with zero attached hydrogens (tertiary/aromatic N) is 3. The molecule has 0 radical (unpaired) electrons. The number of carbonyl (C=O) groups is 1. The minimum atomic E-state index is -0.511. The summed E-state index contributed by atoms with van der Waals surface area (Å²) in [5.41, 5.74) is 2.08. The molecule has 8 nitrogen and oxygen atoms in total. The van der Waals surface area contributed by atoms with Crippen LogP contribution in [0, 0.1) is 0 Å². The van der Waals surface area contributed by atoms with Crippen molar-refractivity contribution in [3.05, 3.63) is 29.9 Å². The number of nitrogens with two attached hydrogens (primary N) is 1. The van der Waals surface area contributed by atoms with Gasteiger partial charge in [0, 0.05) is 12.1 Å². The lowest BCUT2D eigenvalue weighted by atomic mass is 10.3. The molecule has 0 fully saturated rings. The van der Waals surface area contributed by atoms with E-state index < -0.39 is 5.91 Å². The van der Waals surface area contributed by atoms with E-state index in [2.05, 4.69) is 10.3 Å². The van der Waals surface area contributed by atoms with Gasteiger partial charge in [0.05, 0.1) is 12.4 Å². The highest BCUT2D eigenvalue weighted by atomic mass is 16.5. The zero-order chi connectivity index (χ0) is 13.8. The first kappa shape index (κ1) is 13.1. The number of carbonyl (C=O) groups excluding carboxylic acids is 1. The van der Waals surface area contributed by atoms with Crippen LogP contribution in [-0.4, -0.2) is 20.8 Å². The van der Waals surface area contributed by atoms with Crippen molar-refractivity contribution >= 4 is 5.91 Å². The monoisotopic (exact) mass is 265 g/mol. The van der Waals surface area contributed by atoms with Crippen molar-refractivity contribution in [2.24, 2.45) is 5.84 Å². The van der Waals surface area contributed by atoms with E-state index in [0.717, 1.165) is 0 Å². The van der Waals surface area contributed by atoms with Crippen molar-refractivity contribution < 1.29 is 14.1 Å². The van der Waals surface area contributed by atoms with Gasteiger partial charge < -0.3 is 9.26 Å². The Labute approximate surface area is 109 Å². The molecule has 19 heavy (non-hydrogen) atoms. The molecule has 0 bridgehead atoms. The highest BCUT2D eigenvalue weighted by Gasteiger charge is 2.12. The minimum Gasteiger partial charge on any atom is -0.482 e. The summed E-state index contributed by atoms with van der Waals surface area (Å²) >= 11 is 0. The molecular formula is C11H15N5O3. The molecule has 2 heterocycles. The molecule has 1 amide bonds. The second kappa shape index (κ2) is 5.53. The summed E-state index contributed by atoms with van der Waals surface area (Å²) in [7, 11) is 0. The number of amides is 1. The van der Waals surface area contributed by atoms with Gasteiger partial charge in [0.2, 0.25) is 0 Å². The van der Waals surface area contributed by atoms with E-state index >= 15 is 0 Å². The Morgan fingerprint density at radius 2 is 2.42 bits per heavy atom. The first-order valence-electron chi connectivity index (χ1n) is 5.73. The fraction of sp³-hybridized carbons (Fsp3) is 0.364. The Morgan fingerprint density at radius 3 is 3.05 bits per heavy atom. The van der Waals surface area contributed by atoms with Crippen LogP contribution in [0.5, 0.6) is 5.75 Å². The highest BCUT2D eigenvalue weighted by molar-refractivity contribution is 5.91. The van der Waals surface area contributed by atoms with Gasteiger partial charge in [-0.25, -0.2) is 5.84 Å². The number of hydrogen-bond donors (Lipinski definition) is 2. The van der Waals surface area contributed by atoms with Crippen LogP contribution >= 0.6 is 0 Å². The van der Waals surface area contributed by atoms with Crippen LogP contribution in [0.1, 0.15) is 36.1 Å². The van der Waals surface area contributed by atoms with Gasteiger partial charge in [-0.15, -0.1) is 0 Å². The third-order valence-corrected chi connectivity index (χ3v) is 2.41. The maximum absolute atomic E-state index is 11.2. The van der Waals surface area contributed by atoms with Gasteiger partial charge in [-0.1, -0.05) is 5.16 Å². The van der Waals surface area contributed by atoms with E-state index in [1.807, 2.05) is 19.3 Å². The Bertz CT molecular complexity index is 560. The number of nitrogen functional groups attached to an aromatic ring is 1. The lowest BCUT2D eigenvalue weighted by Crippen LogP contribution is -2.30. The molecule has 0 aliphatic carbocycles. The normalized spacial score (nSPS) is 10.7. The first-order chi connectivity index (χ1) is 9.10. The van der Waals surface area contributed by atoms with Crippen molar-refractivity contribution in [3.8, 4) is 5.75 Å². The van der Waals surface area contributed by atoms with Gasteiger partial charge in [0.25, 0.3) is 5.91 Å². The van der Waals surface area contributed by atoms with Crippen molar-refractivity contribution in [2.45, 2.75) is 26.5 Å². The molecule has 0 aliphatic heterocycles. The summed E-state index contributed by atoms with van der Waals surface area (Å²) in [6.07, 6.45) is 3.40. The van der Waals surface area contributed by atoms with Gasteiger partial charge in [0.15, 0.2) is 17.2 Å². The fourth-order valence-electron chi connectivity index (χ4n) is 1.39. The van der Waals surface area contributed by atoms with E-state index in [1.165, 1.54) is 6.07 Å². The third-order valence-electron chi connectivity index (χ3n) is 2.41. The van der Waals surface area contributed by atoms with Crippen LogP contribution in [-0.2, 0) is 6.61 Å². The van der Waals surface area contributed by atoms with Gasteiger partial charge in [-0.2, -0.15) is 5.10 Å². The lowest BCUT2D eigenvalue weighted by molar-refractivity contribution is 0.0944. The van der Waals surface area contributed by atoms with Crippen molar-refractivity contribution in [3.63, 3.8) is 0 Å². The molecule has 0 unspecified atom stereocenters. The summed E-state index contributed by atoms with van der Waals surface area (Å²) in [5.74, 6) is 5.52. The van der Waals surface area contributed by atoms with Crippen LogP contribution in [0.15, 0.2) is 23.0 Å². The average molecular weight is 265 g/mol. The second-order valence-electron chi connectivity index (χ2n) is 4.19. The Hall–Kier alpha value is -2.35. The molecule has 0 saturated carbocycles. The predicted octanol–water partition coefficient (Wildman–Crippen LogP) is 0.634. The Morgan fingerprint density at radius 1 is 1.63 bits per heavy atom. The molecule has 0 aromatic carbocycles. The van der Waals surface area contributed by atoms with E-state index in [0.29, 0.717) is 11.5 Å². The van der Waals surface area contributed by atoms with Gasteiger partial charge in [0.1, 0.15) is 6.61 Å². The van der Waals surface area contributed by atoms with E-state index in [9.17, 15) is 4.79 Å². The molecule has 2 rings (SSSR count). The molecular weight excluding hydrogens is 250 g/mol. The maximum Gasteiger partial charge on any atom is 0.287 e. The van der Waals surface area contributed by atoms with Crippen LogP contribution < -0.4 is 16.0 Å². The smallest absolute Gasteiger partial charge is 0.287 e. The molecule has 102 valence electrons. The van der Waals surface area contributed by atoms with Crippen LogP contribution in [0.2, 0.25) is 0 Å². The van der Waals surface area contributed by atoms with Crippen molar-refractivity contribution in [1.82, 2.24) is 20.4 Å². The zero-order valence-electron chi connectivity index (χ0n) is 10.7. The predicted molar refractivity (Wildman–Crippen MR) is 65.1 cm³/mol. The standard InChI is InChI=1S/C11H15N5O3/c1-7(2)16-5-9(4-13-16)18-6-8-3-10(15-19-8)11(17)14-12/h3-5,7H,6,12H2,1-2H3,(H,14,17). The van der Waals surface area contributed by atoms with Crippen LogP contribution in [0.4, 0.5) is 0 Å². The van der Waals surface area contributed by atoms with Crippen molar-refractivity contribution in [2.75, 3.05) is 0 Å². The minimum absolute atomic E-state index is 0.110. The molecule has 0 atom stereocenters. The molecule has 2 aromatic rings. The second-order valence-corrected chi connectivity index (χ2v) is 4.19. The maximum atomic E-state index is 11.2. The number of aromatic nitrogens is 3. The van der Waals surface area contributed by atoms with E-state index in [4.69, 9.17) is 15.1 Å². The van der Waals surface area contributed by atoms with E-state index in [-0.39, 0.29) is 18.3 Å². The summed E-state index contributed by atoms with van der Waals surface area (Å²) in [6, 6.07) is 1.73. The lowest BCUT2D eigenvalue weighted by Gasteiger charge is -2.03. The zero-order valence-corrected chi connectivity index (χ0v) is 10.7. The molecule has 3 N–H and O–H groups in total. The topological polar surface area (TPSA) is 108 Å². The summed E-state index contributed by atoms with van der Waals surface area (Å²) in [5, 5.41) is 7.70. The quantitative estimate of drug-likeness (QED) is 0.466. The summed E-state index contributed by atoms with van der Waals surface area (Å²) in [6.45, 7) is 4.20. The fourth-order valence-corrected chi connectivity index (χ4v) is 1.39. The molecule has 0 spiro atoms. The Kier molecular flexibility index (Phi) is 3.81. The number of nitrogens with one attached hydrogen (secondary N) is 1. The molecule has 0 aliphatic rings. The first-order valence-corrected chi connectivity index (χ1v) is 5.73. The van der Waals surface area contributed by atoms with Gasteiger partial charge in [-0.3, -0.25) is 14.9 Å². The Balaban J connectivity index is 1.94. The number of hydrogen-bond acceptors (Lipinski definition) is 6. The van der Waals surface area contributed by atoms with E-state index in [1.54, 1.807) is 17.1 Å². The highest BCUT2D eigenvalue weighted by Crippen LogP contribution is 2.14. The molecule has 0 saturated heterocycles. The molecule has 2 aromatic heterocycles. The van der Waals surface area contributed by atoms with Gasteiger partial charge in [-0.05, 0) is 13.8 Å². The number of rotatable bonds is 5. The van der Waals surface area contributed by atoms with Crippen LogP contribution in [0.3, 0.4) is 0 Å². The summed E-state index contributed by atoms with van der Waals surface area (Å²) in [4.78, 5) is 11.2. The number of hydrazine groups is 1. The van der Waals surface area contributed by atoms with Crippen molar-refractivity contribution in [1.29, 1.82) is 0 Å². The van der Waals surface area contributed by atoms with Gasteiger partial charge >= 0.3 is 0 Å². The SMILES string of the molecule is CC(C)n1cc(OCc2cc(C(=O)NN)no2)cn1. The average Bonchev–Trinajstić information content (AvgIpc) is 3.04. The van der Waals surface area contributed by atoms with Crippen LogP contribution in [0.25, 0.3) is 0 Å². The largest absolute Gasteiger partial charge is 0.482 e.